The van der Waals surface area contributed by atoms with Crippen molar-refractivity contribution in [3.63, 3.8) is 0 Å². The average Bonchev–Trinajstić information content (AvgIpc) is 2.52. The molecule has 0 N–H and O–H groups in total. The molecule has 0 amide bonds. The summed E-state index contributed by atoms with van der Waals surface area (Å²) in [6.45, 7) is 3.37. The Hall–Kier alpha value is -1.65. The van der Waals surface area contributed by atoms with E-state index in [0.29, 0.717) is 0 Å². The van der Waals surface area contributed by atoms with Crippen LogP contribution in [0.15, 0.2) is 28.6 Å². The van der Waals surface area contributed by atoms with Crippen molar-refractivity contribution in [2.45, 2.75) is 0 Å². The summed E-state index contributed by atoms with van der Waals surface area (Å²) in [5.74, 6) is 0.505. The summed E-state index contributed by atoms with van der Waals surface area (Å²) in [5.41, 5.74) is 0. The third kappa shape index (κ3) is 1.64. The highest BCUT2D eigenvalue weighted by molar-refractivity contribution is 5.89. The van der Waals surface area contributed by atoms with Crippen LogP contribution in [0.5, 0.6) is 0 Å². The van der Waals surface area contributed by atoms with Gasteiger partial charge in [0.25, 0.3) is 5.90 Å². The molecule has 0 saturated heterocycles. The molecule has 1 rings (SSSR count). The zero-order valence-corrected chi connectivity index (χ0v) is 6.02. The molecule has 1 aromatic rings. The molecule has 0 aromatic carbocycles. The van der Waals surface area contributed by atoms with Crippen LogP contribution in [0.3, 0.4) is 0 Å². The Morgan fingerprint density at radius 3 is 3.18 bits per heavy atom. The van der Waals surface area contributed by atoms with E-state index < -0.39 is 0 Å². The van der Waals surface area contributed by atoms with E-state index in [2.05, 4.69) is 21.8 Å². The van der Waals surface area contributed by atoms with E-state index in [-0.39, 0.29) is 11.8 Å². The van der Waals surface area contributed by atoms with Gasteiger partial charge >= 0.3 is 5.89 Å². The summed E-state index contributed by atoms with van der Waals surface area (Å²) in [4.78, 5) is 3.75. The summed E-state index contributed by atoms with van der Waals surface area (Å²) >= 11 is 0. The zero-order chi connectivity index (χ0) is 8.10. The van der Waals surface area contributed by atoms with Gasteiger partial charge < -0.3 is 9.15 Å². The SMILES string of the molecule is C=COC(=NC)c1nnco1. The predicted molar refractivity (Wildman–Crippen MR) is 38.0 cm³/mol. The van der Waals surface area contributed by atoms with E-state index in [0.717, 1.165) is 0 Å². The molecule has 0 radical (unpaired) electrons. The first-order valence-electron chi connectivity index (χ1n) is 2.89. The Balaban J connectivity index is 2.80. The van der Waals surface area contributed by atoms with Gasteiger partial charge in [0.05, 0.1) is 6.26 Å². The molecule has 0 aliphatic rings. The predicted octanol–water partition coefficient (Wildman–Crippen LogP) is 0.606. The molecule has 0 fully saturated rings. The molecule has 0 spiro atoms. The Bertz CT molecular complexity index is 253. The van der Waals surface area contributed by atoms with Gasteiger partial charge in [-0.3, -0.25) is 0 Å². The van der Waals surface area contributed by atoms with Crippen LogP contribution < -0.4 is 0 Å². The van der Waals surface area contributed by atoms with Crippen molar-refractivity contribution in [1.82, 2.24) is 10.2 Å². The average molecular weight is 153 g/mol. The van der Waals surface area contributed by atoms with Crippen molar-refractivity contribution >= 4 is 5.90 Å². The molecular formula is C6H7N3O2. The second-order valence-electron chi connectivity index (χ2n) is 1.56. The molecular weight excluding hydrogens is 146 g/mol. The number of ether oxygens (including phenoxy) is 1. The van der Waals surface area contributed by atoms with Crippen LogP contribution in [0.1, 0.15) is 5.89 Å². The van der Waals surface area contributed by atoms with Crippen molar-refractivity contribution in [3.8, 4) is 0 Å². The fourth-order valence-electron chi connectivity index (χ4n) is 0.544. The van der Waals surface area contributed by atoms with Crippen molar-refractivity contribution in [2.24, 2.45) is 4.99 Å². The van der Waals surface area contributed by atoms with Gasteiger partial charge in [-0.1, -0.05) is 6.58 Å². The van der Waals surface area contributed by atoms with Crippen LogP contribution in [0.4, 0.5) is 0 Å². The molecule has 1 heterocycles. The molecule has 0 saturated carbocycles. The summed E-state index contributed by atoms with van der Waals surface area (Å²) < 4.78 is 9.67. The second kappa shape index (κ2) is 3.50. The Kier molecular flexibility index (Phi) is 2.37. The third-order valence-electron chi connectivity index (χ3n) is 0.941. The fraction of sp³-hybridized carbons (Fsp3) is 0.167. The van der Waals surface area contributed by atoms with E-state index in [9.17, 15) is 0 Å². The van der Waals surface area contributed by atoms with Crippen LogP contribution in [0.25, 0.3) is 0 Å². The highest BCUT2D eigenvalue weighted by Gasteiger charge is 2.07. The van der Waals surface area contributed by atoms with Crippen LogP contribution in [0.2, 0.25) is 0 Å². The van der Waals surface area contributed by atoms with Gasteiger partial charge in [-0.2, -0.15) is 0 Å². The minimum Gasteiger partial charge on any atom is -0.444 e. The van der Waals surface area contributed by atoms with E-state index in [1.165, 1.54) is 12.7 Å². The van der Waals surface area contributed by atoms with Gasteiger partial charge in [-0.15, -0.1) is 10.2 Å². The van der Waals surface area contributed by atoms with E-state index in [4.69, 9.17) is 9.15 Å². The molecule has 0 atom stereocenters. The Labute approximate surface area is 63.4 Å². The van der Waals surface area contributed by atoms with Crippen molar-refractivity contribution in [1.29, 1.82) is 0 Å². The highest BCUT2D eigenvalue weighted by Crippen LogP contribution is 1.96. The van der Waals surface area contributed by atoms with Gasteiger partial charge in [-0.05, 0) is 0 Å². The monoisotopic (exact) mass is 153 g/mol. The lowest BCUT2D eigenvalue weighted by Gasteiger charge is -1.95. The third-order valence-corrected chi connectivity index (χ3v) is 0.941. The normalized spacial score (nSPS) is 11.2. The maximum absolute atomic E-state index is 4.85. The number of nitrogens with zero attached hydrogens (tertiary/aromatic N) is 3. The van der Waals surface area contributed by atoms with Gasteiger partial charge in [0.15, 0.2) is 0 Å². The number of aliphatic imine (C=N–C) groups is 1. The first-order chi connectivity index (χ1) is 5.38. The first kappa shape index (κ1) is 7.46. The number of hydrogen-bond donors (Lipinski definition) is 0. The minimum absolute atomic E-state index is 0.243. The minimum atomic E-state index is 0.243. The molecule has 11 heavy (non-hydrogen) atoms. The van der Waals surface area contributed by atoms with Crippen LogP contribution >= 0.6 is 0 Å². The lowest BCUT2D eigenvalue weighted by molar-refractivity contribution is 0.440. The summed E-state index contributed by atoms with van der Waals surface area (Å²) in [5, 5.41) is 7.05. The van der Waals surface area contributed by atoms with E-state index in [1.807, 2.05) is 0 Å². The molecule has 1 aromatic heterocycles. The zero-order valence-electron chi connectivity index (χ0n) is 6.02. The summed E-state index contributed by atoms with van der Waals surface area (Å²) in [7, 11) is 1.56. The number of rotatable bonds is 2. The standard InChI is InChI=1S/C6H7N3O2/c1-3-10-5(7-2)6-9-8-4-11-6/h3-4H,1H2,2H3. The molecule has 0 bridgehead atoms. The van der Waals surface area contributed by atoms with Gasteiger partial charge in [0.2, 0.25) is 6.39 Å². The molecule has 58 valence electrons. The second-order valence-corrected chi connectivity index (χ2v) is 1.56. The maximum atomic E-state index is 4.85. The molecule has 0 unspecified atom stereocenters. The van der Waals surface area contributed by atoms with Crippen LogP contribution in [-0.2, 0) is 4.74 Å². The summed E-state index contributed by atoms with van der Waals surface area (Å²) in [6.07, 6.45) is 2.44. The van der Waals surface area contributed by atoms with Crippen LogP contribution in [-0.4, -0.2) is 23.1 Å². The lowest BCUT2D eigenvalue weighted by atomic mass is 10.6. The summed E-state index contributed by atoms with van der Waals surface area (Å²) in [6, 6.07) is 0. The molecule has 0 aliphatic carbocycles. The van der Waals surface area contributed by atoms with Gasteiger partial charge in [0.1, 0.15) is 0 Å². The van der Waals surface area contributed by atoms with Gasteiger partial charge in [-0.25, -0.2) is 4.99 Å². The highest BCUT2D eigenvalue weighted by atomic mass is 16.5. The molecule has 5 nitrogen and oxygen atoms in total. The Morgan fingerprint density at radius 1 is 1.91 bits per heavy atom. The largest absolute Gasteiger partial charge is 0.444 e. The van der Waals surface area contributed by atoms with Crippen molar-refractivity contribution in [2.75, 3.05) is 7.05 Å². The molecule has 0 aliphatic heterocycles. The fourth-order valence-corrected chi connectivity index (χ4v) is 0.544. The van der Waals surface area contributed by atoms with E-state index in [1.54, 1.807) is 7.05 Å². The van der Waals surface area contributed by atoms with Crippen LogP contribution in [0, 0.1) is 0 Å². The maximum Gasteiger partial charge on any atom is 0.303 e. The Morgan fingerprint density at radius 2 is 2.73 bits per heavy atom. The van der Waals surface area contributed by atoms with Gasteiger partial charge in [0, 0.05) is 7.05 Å². The quantitative estimate of drug-likeness (QED) is 0.354. The first-order valence-corrected chi connectivity index (χ1v) is 2.89. The number of aromatic nitrogens is 2. The smallest absolute Gasteiger partial charge is 0.303 e. The topological polar surface area (TPSA) is 60.5 Å². The van der Waals surface area contributed by atoms with Crippen molar-refractivity contribution in [3.05, 3.63) is 25.1 Å². The van der Waals surface area contributed by atoms with Crippen molar-refractivity contribution < 1.29 is 9.15 Å². The molecule has 5 heteroatoms. The lowest BCUT2D eigenvalue weighted by Crippen LogP contribution is -2.02. The van der Waals surface area contributed by atoms with E-state index >= 15 is 0 Å². The number of hydrogen-bond acceptors (Lipinski definition) is 5.